The summed E-state index contributed by atoms with van der Waals surface area (Å²) in [4.78, 5) is 25.4. The predicted octanol–water partition coefficient (Wildman–Crippen LogP) is -0.163. The first-order chi connectivity index (χ1) is 8.36. The van der Waals surface area contributed by atoms with Gasteiger partial charge in [-0.2, -0.15) is 13.2 Å². The molecule has 8 heteroatoms. The monoisotopic (exact) mass is 266 g/mol. The molecule has 2 aliphatic rings. The molecule has 2 rings (SSSR count). The molecule has 0 aromatic heterocycles. The summed E-state index contributed by atoms with van der Waals surface area (Å²) >= 11 is 0. The van der Waals surface area contributed by atoms with E-state index in [1.165, 1.54) is 12.2 Å². The molecule has 0 bridgehead atoms. The lowest BCUT2D eigenvalue weighted by atomic mass is 9.86. The van der Waals surface area contributed by atoms with E-state index >= 15 is 0 Å². The fraction of sp³-hybridized carbons (Fsp3) is 0.100. The molecule has 0 heterocycles. The number of hydrogen-bond donors (Lipinski definition) is 1. The van der Waals surface area contributed by atoms with Crippen LogP contribution >= 0.6 is 0 Å². The summed E-state index contributed by atoms with van der Waals surface area (Å²) in [7, 11) is -4.76. The van der Waals surface area contributed by atoms with E-state index in [1.54, 1.807) is 0 Å². The van der Waals surface area contributed by atoms with Crippen LogP contribution in [0.2, 0.25) is 0 Å². The maximum atomic E-state index is 11.8. The van der Waals surface area contributed by atoms with Gasteiger partial charge in [-0.25, -0.2) is 0 Å². The molecule has 0 atom stereocenters. The van der Waals surface area contributed by atoms with Crippen LogP contribution in [-0.2, 0) is 19.7 Å². The van der Waals surface area contributed by atoms with E-state index in [4.69, 9.17) is 10.1 Å². The second-order valence-electron chi connectivity index (χ2n) is 3.62. The molecule has 0 fully saturated rings. The van der Waals surface area contributed by atoms with E-state index in [0.29, 0.717) is 6.08 Å². The van der Waals surface area contributed by atoms with Gasteiger partial charge in [0.1, 0.15) is 10.5 Å². The van der Waals surface area contributed by atoms with Crippen molar-refractivity contribution in [3.63, 3.8) is 0 Å². The Bertz CT molecular complexity index is 717. The summed E-state index contributed by atoms with van der Waals surface area (Å²) in [6.07, 6.45) is 3.40. The SMILES string of the molecule is [N-]=[N+]=C1CC=CC2=C1C(=O)C=C(S(=O)(=O)O)C2=O. The van der Waals surface area contributed by atoms with Crippen molar-refractivity contribution < 1.29 is 27.3 Å². The molecule has 7 nitrogen and oxygen atoms in total. The number of carbonyl (C=O) groups excluding carboxylic acids is 2. The molecule has 0 amide bonds. The van der Waals surface area contributed by atoms with Crippen molar-refractivity contribution in [3.05, 3.63) is 39.8 Å². The van der Waals surface area contributed by atoms with Gasteiger partial charge in [0.2, 0.25) is 5.78 Å². The average Bonchev–Trinajstić information content (AvgIpc) is 2.31. The van der Waals surface area contributed by atoms with E-state index in [-0.39, 0.29) is 23.3 Å². The number of hydrogen-bond acceptors (Lipinski definition) is 4. The summed E-state index contributed by atoms with van der Waals surface area (Å²) < 4.78 is 30.8. The Hall–Kier alpha value is -2.15. The van der Waals surface area contributed by atoms with Crippen LogP contribution in [0.5, 0.6) is 0 Å². The van der Waals surface area contributed by atoms with Crippen molar-refractivity contribution in [1.29, 1.82) is 0 Å². The van der Waals surface area contributed by atoms with Gasteiger partial charge in [-0.05, 0) is 0 Å². The molecule has 92 valence electrons. The fourth-order valence-electron chi connectivity index (χ4n) is 1.77. The fourth-order valence-corrected chi connectivity index (χ4v) is 2.37. The van der Waals surface area contributed by atoms with Gasteiger partial charge < -0.3 is 5.53 Å². The highest BCUT2D eigenvalue weighted by Gasteiger charge is 2.39. The number of rotatable bonds is 1. The Kier molecular flexibility index (Phi) is 2.70. The highest BCUT2D eigenvalue weighted by Crippen LogP contribution is 2.27. The van der Waals surface area contributed by atoms with Gasteiger partial charge in [0.25, 0.3) is 10.1 Å². The van der Waals surface area contributed by atoms with E-state index < -0.39 is 26.6 Å². The third-order valence-corrected chi connectivity index (χ3v) is 3.39. The molecule has 0 unspecified atom stereocenters. The predicted molar refractivity (Wildman–Crippen MR) is 59.1 cm³/mol. The molecule has 0 aromatic carbocycles. The second kappa shape index (κ2) is 3.95. The van der Waals surface area contributed by atoms with Gasteiger partial charge in [0.05, 0.1) is 6.42 Å². The molecule has 0 aromatic rings. The zero-order valence-corrected chi connectivity index (χ0v) is 9.64. The largest absolute Gasteiger partial charge is 0.361 e. The zero-order chi connectivity index (χ0) is 13.5. The van der Waals surface area contributed by atoms with Gasteiger partial charge in [0.15, 0.2) is 5.78 Å². The Morgan fingerprint density at radius 1 is 1.33 bits per heavy atom. The minimum Gasteiger partial charge on any atom is -0.361 e. The summed E-state index contributed by atoms with van der Waals surface area (Å²) in [6, 6.07) is 0. The summed E-state index contributed by atoms with van der Waals surface area (Å²) in [6.45, 7) is 0. The highest BCUT2D eigenvalue weighted by molar-refractivity contribution is 7.91. The van der Waals surface area contributed by atoms with Crippen LogP contribution in [0.4, 0.5) is 0 Å². The Balaban J connectivity index is 2.69. The Morgan fingerprint density at radius 3 is 2.56 bits per heavy atom. The molecule has 0 aliphatic heterocycles. The molecule has 0 radical (unpaired) electrons. The van der Waals surface area contributed by atoms with Crippen LogP contribution in [0, 0.1) is 0 Å². The molecule has 1 N–H and O–H groups in total. The van der Waals surface area contributed by atoms with E-state index in [0.717, 1.165) is 0 Å². The van der Waals surface area contributed by atoms with Crippen LogP contribution < -0.4 is 0 Å². The first-order valence-corrected chi connectivity index (χ1v) is 6.20. The lowest BCUT2D eigenvalue weighted by molar-refractivity contribution is -0.115. The maximum absolute atomic E-state index is 11.8. The molecular weight excluding hydrogens is 260 g/mol. The highest BCUT2D eigenvalue weighted by atomic mass is 32.2. The molecule has 0 saturated heterocycles. The molecule has 0 saturated carbocycles. The van der Waals surface area contributed by atoms with Crippen molar-refractivity contribution in [2.24, 2.45) is 0 Å². The molecular formula is C10H6N2O5S. The second-order valence-corrected chi connectivity index (χ2v) is 5.01. The first-order valence-electron chi connectivity index (χ1n) is 4.76. The standard InChI is InChI=1S/C10H6N2O5S/c11-12-6-3-1-2-5-9(6)7(13)4-8(10(5)14)18(15,16)17/h1-2,4H,3H2,(H,15,16,17). The van der Waals surface area contributed by atoms with Crippen molar-refractivity contribution in [2.45, 2.75) is 6.42 Å². The number of Topliss-reactive ketones (excluding diaryl/α,β-unsaturated/α-hetero) is 1. The Morgan fingerprint density at radius 2 is 2.00 bits per heavy atom. The maximum Gasteiger partial charge on any atom is 0.307 e. The lowest BCUT2D eigenvalue weighted by Gasteiger charge is -2.15. The number of nitrogens with zero attached hydrogens (tertiary/aromatic N) is 2. The zero-order valence-electron chi connectivity index (χ0n) is 8.82. The van der Waals surface area contributed by atoms with Gasteiger partial charge in [-0.3, -0.25) is 14.1 Å². The topological polar surface area (TPSA) is 125 Å². The number of allylic oxidation sites excluding steroid dienone is 6. The van der Waals surface area contributed by atoms with Crippen molar-refractivity contribution in [3.8, 4) is 0 Å². The normalized spacial score (nSPS) is 19.6. The van der Waals surface area contributed by atoms with Crippen LogP contribution in [0.1, 0.15) is 6.42 Å². The first kappa shape index (κ1) is 12.3. The van der Waals surface area contributed by atoms with Gasteiger partial charge >= 0.3 is 5.71 Å². The van der Waals surface area contributed by atoms with Crippen molar-refractivity contribution in [1.82, 2.24) is 0 Å². The lowest BCUT2D eigenvalue weighted by Crippen LogP contribution is -2.28. The average molecular weight is 266 g/mol. The third kappa shape index (κ3) is 1.78. The molecule has 18 heavy (non-hydrogen) atoms. The third-order valence-electron chi connectivity index (χ3n) is 2.53. The van der Waals surface area contributed by atoms with E-state index in [1.807, 2.05) is 0 Å². The quantitative estimate of drug-likeness (QED) is 0.305. The van der Waals surface area contributed by atoms with Gasteiger partial charge in [0, 0.05) is 11.6 Å². The van der Waals surface area contributed by atoms with E-state index in [2.05, 4.69) is 4.79 Å². The van der Waals surface area contributed by atoms with Crippen LogP contribution in [-0.4, -0.2) is 35.0 Å². The van der Waals surface area contributed by atoms with Gasteiger partial charge in [-0.15, -0.1) is 0 Å². The van der Waals surface area contributed by atoms with Crippen LogP contribution in [0.25, 0.3) is 5.53 Å². The summed E-state index contributed by atoms with van der Waals surface area (Å²) in [5, 5.41) is 0. The number of ketones is 2. The van der Waals surface area contributed by atoms with Crippen LogP contribution in [0.3, 0.4) is 0 Å². The van der Waals surface area contributed by atoms with E-state index in [9.17, 15) is 18.0 Å². The van der Waals surface area contributed by atoms with Crippen LogP contribution in [0.15, 0.2) is 34.3 Å². The number of carbonyl (C=O) groups is 2. The van der Waals surface area contributed by atoms with Crippen molar-refractivity contribution in [2.75, 3.05) is 0 Å². The molecule has 2 aliphatic carbocycles. The Labute approximate surface area is 101 Å². The van der Waals surface area contributed by atoms with Crippen molar-refractivity contribution >= 4 is 27.4 Å². The summed E-state index contributed by atoms with van der Waals surface area (Å²) in [5.74, 6) is -1.79. The smallest absolute Gasteiger partial charge is 0.307 e. The minimum absolute atomic E-state index is 0.0171. The minimum atomic E-state index is -4.76. The summed E-state index contributed by atoms with van der Waals surface area (Å²) in [5.41, 5.74) is 8.37. The molecule has 0 spiro atoms. The van der Waals surface area contributed by atoms with Gasteiger partial charge in [-0.1, -0.05) is 12.2 Å².